The molecule has 0 radical (unpaired) electrons. The fourth-order valence-electron chi connectivity index (χ4n) is 4.42. The van der Waals surface area contributed by atoms with Crippen molar-refractivity contribution >= 4 is 29.0 Å². The first-order valence-electron chi connectivity index (χ1n) is 13.1. The largest absolute Gasteiger partial charge is 0.492 e. The van der Waals surface area contributed by atoms with Crippen LogP contribution in [-0.4, -0.2) is 62.7 Å². The van der Waals surface area contributed by atoms with Crippen molar-refractivity contribution in [2.45, 2.75) is 40.5 Å². The molecule has 1 aliphatic rings. The molecule has 196 valence electrons. The van der Waals surface area contributed by atoms with E-state index in [-0.39, 0.29) is 5.91 Å². The van der Waals surface area contributed by atoms with Gasteiger partial charge >= 0.3 is 6.03 Å². The number of ether oxygens (including phenoxy) is 1. The lowest BCUT2D eigenvalue weighted by Crippen LogP contribution is -2.37. The molecule has 2 aromatic carbocycles. The molecule has 1 fully saturated rings. The van der Waals surface area contributed by atoms with Crippen molar-refractivity contribution in [1.82, 2.24) is 10.2 Å². The molecule has 0 aromatic heterocycles. The van der Waals surface area contributed by atoms with Crippen molar-refractivity contribution < 1.29 is 14.3 Å². The maximum absolute atomic E-state index is 13.3. The van der Waals surface area contributed by atoms with E-state index < -0.39 is 6.03 Å². The standard InChI is InChI=1S/C28H41N5O3/c1-5-32(6-2)19-16-29-27(34)23-20-22(12-13-25(23)33-17-14-21(4)15-18-33)30-28(35)31-24-10-8-9-11-26(24)36-7-3/h8-13,20-21H,5-7,14-19H2,1-4H3,(H,29,34)(H2,30,31,35). The smallest absolute Gasteiger partial charge is 0.323 e. The molecule has 8 nitrogen and oxygen atoms in total. The minimum Gasteiger partial charge on any atom is -0.492 e. The Kier molecular flexibility index (Phi) is 10.4. The third kappa shape index (κ3) is 7.62. The first-order chi connectivity index (χ1) is 17.4. The van der Waals surface area contributed by atoms with Crippen LogP contribution in [0, 0.1) is 5.92 Å². The summed E-state index contributed by atoms with van der Waals surface area (Å²) in [4.78, 5) is 30.6. The Morgan fingerprint density at radius 2 is 1.75 bits per heavy atom. The topological polar surface area (TPSA) is 85.9 Å². The molecule has 1 heterocycles. The first kappa shape index (κ1) is 27.3. The number of rotatable bonds is 11. The van der Waals surface area contributed by atoms with E-state index in [1.807, 2.05) is 37.3 Å². The van der Waals surface area contributed by atoms with E-state index in [0.717, 1.165) is 51.3 Å². The molecular formula is C28H41N5O3. The predicted octanol–water partition coefficient (Wildman–Crippen LogP) is 5.04. The van der Waals surface area contributed by atoms with Gasteiger partial charge in [0.15, 0.2) is 0 Å². The van der Waals surface area contributed by atoms with Crippen LogP contribution in [0.1, 0.15) is 50.9 Å². The zero-order chi connectivity index (χ0) is 25.9. The Balaban J connectivity index is 1.76. The maximum Gasteiger partial charge on any atom is 0.323 e. The highest BCUT2D eigenvalue weighted by atomic mass is 16.5. The third-order valence-electron chi connectivity index (χ3n) is 6.67. The number of benzene rings is 2. The molecular weight excluding hydrogens is 454 g/mol. The number of urea groups is 1. The highest BCUT2D eigenvalue weighted by Gasteiger charge is 2.22. The zero-order valence-electron chi connectivity index (χ0n) is 22.1. The van der Waals surface area contributed by atoms with Gasteiger partial charge in [0, 0.05) is 37.6 Å². The molecule has 3 rings (SSSR count). The molecule has 0 unspecified atom stereocenters. The maximum atomic E-state index is 13.3. The Hall–Kier alpha value is -3.26. The van der Waals surface area contributed by atoms with Crippen molar-refractivity contribution in [3.05, 3.63) is 48.0 Å². The lowest BCUT2D eigenvalue weighted by Gasteiger charge is -2.33. The molecule has 0 bridgehead atoms. The fraction of sp³-hybridized carbons (Fsp3) is 0.500. The lowest BCUT2D eigenvalue weighted by molar-refractivity contribution is 0.0949. The number of hydrogen-bond donors (Lipinski definition) is 3. The van der Waals surface area contributed by atoms with Crippen LogP contribution in [0.2, 0.25) is 0 Å². The van der Waals surface area contributed by atoms with Crippen LogP contribution < -0.4 is 25.6 Å². The Labute approximate surface area is 215 Å². The van der Waals surface area contributed by atoms with E-state index in [1.54, 1.807) is 12.1 Å². The number of para-hydroxylation sites is 2. The summed E-state index contributed by atoms with van der Waals surface area (Å²) in [6, 6.07) is 12.5. The predicted molar refractivity (Wildman–Crippen MR) is 147 cm³/mol. The number of likely N-dealkylation sites (N-methyl/N-ethyl adjacent to an activating group) is 1. The van der Waals surface area contributed by atoms with Gasteiger partial charge in [-0.05, 0) is 69.1 Å². The second kappa shape index (κ2) is 13.7. The summed E-state index contributed by atoms with van der Waals surface area (Å²) in [5.74, 6) is 1.18. The average Bonchev–Trinajstić information content (AvgIpc) is 2.88. The van der Waals surface area contributed by atoms with Crippen LogP contribution >= 0.6 is 0 Å². The number of nitrogens with one attached hydrogen (secondary N) is 3. The number of nitrogens with zero attached hydrogens (tertiary/aromatic N) is 2. The van der Waals surface area contributed by atoms with Gasteiger partial charge in [-0.3, -0.25) is 4.79 Å². The van der Waals surface area contributed by atoms with Crippen molar-refractivity contribution in [2.24, 2.45) is 5.92 Å². The molecule has 1 aliphatic heterocycles. The van der Waals surface area contributed by atoms with Gasteiger partial charge in [-0.1, -0.05) is 32.9 Å². The summed E-state index contributed by atoms with van der Waals surface area (Å²) in [5, 5.41) is 8.79. The summed E-state index contributed by atoms with van der Waals surface area (Å²) < 4.78 is 5.60. The van der Waals surface area contributed by atoms with Gasteiger partial charge in [-0.25, -0.2) is 4.79 Å². The molecule has 0 saturated carbocycles. The van der Waals surface area contributed by atoms with Gasteiger partial charge in [0.05, 0.1) is 17.9 Å². The van der Waals surface area contributed by atoms with Gasteiger partial charge in [0.1, 0.15) is 5.75 Å². The minimum absolute atomic E-state index is 0.124. The summed E-state index contributed by atoms with van der Waals surface area (Å²) in [7, 11) is 0. The van der Waals surface area contributed by atoms with E-state index in [9.17, 15) is 9.59 Å². The second-order valence-electron chi connectivity index (χ2n) is 9.19. The molecule has 2 aromatic rings. The number of anilines is 3. The van der Waals surface area contributed by atoms with Crippen LogP contribution in [0.15, 0.2) is 42.5 Å². The van der Waals surface area contributed by atoms with E-state index in [2.05, 4.69) is 46.5 Å². The molecule has 36 heavy (non-hydrogen) atoms. The molecule has 0 atom stereocenters. The van der Waals surface area contributed by atoms with Crippen LogP contribution in [0.25, 0.3) is 0 Å². The number of carbonyl (C=O) groups is 2. The SMILES string of the molecule is CCOc1ccccc1NC(=O)Nc1ccc(N2CCC(C)CC2)c(C(=O)NCCN(CC)CC)c1. The van der Waals surface area contributed by atoms with Crippen molar-refractivity contribution in [2.75, 3.05) is 61.4 Å². The summed E-state index contributed by atoms with van der Waals surface area (Å²) in [6.45, 7) is 14.0. The molecule has 1 saturated heterocycles. The number of amides is 3. The minimum atomic E-state index is -0.394. The lowest BCUT2D eigenvalue weighted by atomic mass is 9.98. The number of carbonyl (C=O) groups excluding carboxylic acids is 2. The zero-order valence-corrected chi connectivity index (χ0v) is 22.1. The van der Waals surface area contributed by atoms with E-state index >= 15 is 0 Å². The Morgan fingerprint density at radius 1 is 1.03 bits per heavy atom. The second-order valence-corrected chi connectivity index (χ2v) is 9.19. The summed E-state index contributed by atoms with van der Waals surface area (Å²) in [6.07, 6.45) is 2.20. The highest BCUT2D eigenvalue weighted by Crippen LogP contribution is 2.29. The summed E-state index contributed by atoms with van der Waals surface area (Å²) in [5.41, 5.74) is 2.64. The van der Waals surface area contributed by atoms with Crippen LogP contribution in [0.4, 0.5) is 21.9 Å². The Bertz CT molecular complexity index is 1000. The monoisotopic (exact) mass is 495 g/mol. The first-order valence-corrected chi connectivity index (χ1v) is 13.1. The van der Waals surface area contributed by atoms with Gasteiger partial charge in [0.2, 0.25) is 0 Å². The fourth-order valence-corrected chi connectivity index (χ4v) is 4.42. The van der Waals surface area contributed by atoms with E-state index in [4.69, 9.17) is 4.74 Å². The van der Waals surface area contributed by atoms with Crippen molar-refractivity contribution in [3.8, 4) is 5.75 Å². The average molecular weight is 496 g/mol. The van der Waals surface area contributed by atoms with Gasteiger partial charge in [-0.2, -0.15) is 0 Å². The van der Waals surface area contributed by atoms with E-state index in [1.165, 1.54) is 0 Å². The molecule has 3 amide bonds. The molecule has 0 spiro atoms. The van der Waals surface area contributed by atoms with Gasteiger partial charge in [-0.15, -0.1) is 0 Å². The highest BCUT2D eigenvalue weighted by molar-refractivity contribution is 6.04. The van der Waals surface area contributed by atoms with Gasteiger partial charge in [0.25, 0.3) is 5.91 Å². The van der Waals surface area contributed by atoms with E-state index in [0.29, 0.717) is 41.8 Å². The van der Waals surface area contributed by atoms with Crippen molar-refractivity contribution in [1.29, 1.82) is 0 Å². The quantitative estimate of drug-likeness (QED) is 0.407. The molecule has 8 heteroatoms. The molecule has 3 N–H and O–H groups in total. The van der Waals surface area contributed by atoms with Crippen LogP contribution in [-0.2, 0) is 0 Å². The normalized spacial score (nSPS) is 14.0. The van der Waals surface area contributed by atoms with Crippen LogP contribution in [0.5, 0.6) is 5.75 Å². The van der Waals surface area contributed by atoms with Crippen molar-refractivity contribution in [3.63, 3.8) is 0 Å². The Morgan fingerprint density at radius 3 is 2.44 bits per heavy atom. The van der Waals surface area contributed by atoms with Crippen LogP contribution in [0.3, 0.4) is 0 Å². The molecule has 0 aliphatic carbocycles. The van der Waals surface area contributed by atoms with Gasteiger partial charge < -0.3 is 30.5 Å². The summed E-state index contributed by atoms with van der Waals surface area (Å²) >= 11 is 0. The number of piperidine rings is 1. The third-order valence-corrected chi connectivity index (χ3v) is 6.67. The number of hydrogen-bond acceptors (Lipinski definition) is 5.